The SMILES string of the molecule is C#Cc1c(F)ccc2cc(O)cc(-c3nc(OC)c4c(N5CC6CCC(C5)N6)nc(OCC5(CN6CCC(F)CC6)CC5)nc4c3F)c12.O=CNCCN1CCOCC1.O=CO. The minimum atomic E-state index is -0.799. The van der Waals surface area contributed by atoms with Crippen molar-refractivity contribution in [1.82, 2.24) is 35.4 Å². The van der Waals surface area contributed by atoms with Crippen molar-refractivity contribution >= 4 is 40.4 Å². The normalized spacial score (nSPS) is 20.9. The van der Waals surface area contributed by atoms with E-state index in [4.69, 9.17) is 35.5 Å². The molecule has 2 unspecified atom stereocenters. The van der Waals surface area contributed by atoms with Crippen LogP contribution >= 0.6 is 0 Å². The smallest absolute Gasteiger partial charge is 0.319 e. The molecule has 0 spiro atoms. The summed E-state index contributed by atoms with van der Waals surface area (Å²) in [6.07, 6.45) is 10.8. The van der Waals surface area contributed by atoms with E-state index in [-0.39, 0.29) is 69.3 Å². The van der Waals surface area contributed by atoms with Gasteiger partial charge in [0.25, 0.3) is 6.47 Å². The molecule has 4 aromatic rings. The fraction of sp³-hybridized carbons (Fsp3) is 0.523. The molecule has 6 heterocycles. The van der Waals surface area contributed by atoms with Crippen molar-refractivity contribution in [3.63, 3.8) is 0 Å². The van der Waals surface area contributed by atoms with E-state index in [2.05, 4.69) is 41.2 Å². The predicted molar refractivity (Wildman–Crippen MR) is 226 cm³/mol. The van der Waals surface area contributed by atoms with E-state index in [1.807, 2.05) is 0 Å². The molecule has 1 aliphatic carbocycles. The van der Waals surface area contributed by atoms with Crippen molar-refractivity contribution in [2.75, 3.05) is 90.7 Å². The third kappa shape index (κ3) is 10.2. The number of carboxylic acid groups (broad SMARTS) is 1. The molecule has 1 amide bonds. The van der Waals surface area contributed by atoms with Crippen LogP contribution in [0.4, 0.5) is 19.0 Å². The Hall–Kier alpha value is -5.48. The number of likely N-dealkylation sites (tertiary alicyclic amines) is 1. The molecule has 4 saturated heterocycles. The first-order valence-corrected chi connectivity index (χ1v) is 21.0. The maximum absolute atomic E-state index is 17.0. The number of ether oxygens (including phenoxy) is 3. The first kappa shape index (κ1) is 44.6. The number of piperazine rings is 1. The van der Waals surface area contributed by atoms with E-state index < -0.39 is 17.8 Å². The van der Waals surface area contributed by atoms with Gasteiger partial charge in [-0.3, -0.25) is 14.5 Å². The molecule has 0 radical (unpaired) electrons. The molecule has 4 N–H and O–H groups in total. The lowest BCUT2D eigenvalue weighted by Crippen LogP contribution is -2.51. The lowest BCUT2D eigenvalue weighted by Gasteiger charge is -2.34. The van der Waals surface area contributed by atoms with Gasteiger partial charge < -0.3 is 44.9 Å². The molecule has 5 aliphatic rings. The molecule has 1 saturated carbocycles. The zero-order valence-electron chi connectivity index (χ0n) is 34.8. The third-order valence-electron chi connectivity index (χ3n) is 12.2. The summed E-state index contributed by atoms with van der Waals surface area (Å²) in [6.45, 7) is 8.95. The van der Waals surface area contributed by atoms with Gasteiger partial charge in [0, 0.05) is 87.4 Å². The van der Waals surface area contributed by atoms with Crippen molar-refractivity contribution in [3.8, 4) is 41.2 Å². The molecule has 4 aliphatic heterocycles. The van der Waals surface area contributed by atoms with Crippen LogP contribution in [0.25, 0.3) is 32.9 Å². The number of nitrogens with one attached hydrogen (secondary N) is 2. The van der Waals surface area contributed by atoms with Crippen LogP contribution in [0.5, 0.6) is 17.6 Å². The highest BCUT2D eigenvalue weighted by Crippen LogP contribution is 2.47. The Labute approximate surface area is 357 Å². The molecule has 2 aromatic carbocycles. The van der Waals surface area contributed by atoms with Crippen LogP contribution in [-0.4, -0.2) is 152 Å². The van der Waals surface area contributed by atoms with Crippen molar-refractivity contribution in [3.05, 3.63) is 41.5 Å². The average Bonchev–Trinajstić information content (AvgIpc) is 3.97. The van der Waals surface area contributed by atoms with Gasteiger partial charge in [0.15, 0.2) is 5.82 Å². The number of rotatable bonds is 12. The summed E-state index contributed by atoms with van der Waals surface area (Å²) in [6, 6.07) is 6.00. The molecule has 62 heavy (non-hydrogen) atoms. The zero-order chi connectivity index (χ0) is 43.8. The maximum atomic E-state index is 17.0. The molecule has 2 bridgehead atoms. The number of terminal acetylenes is 1. The number of halogens is 3. The standard InChI is InChI=1S/C36H37F3N6O3.C7H14N2O2.CH2O2/c1-3-25-27(38)7-4-20-14-24(46)15-26(28(20)25)31-30(39)32-29(34(41-31)47-2)33(45-16-22-5-6-23(17-45)40-22)43-35(42-32)48-19-36(10-11-36)18-44-12-8-21(37)9-13-44;10-7-8-1-2-9-3-5-11-6-4-9;2-1-3/h1,4,7,14-15,21-23,40,46H,5-6,8-13,16-19H2,2H3;7H,1-6H2,(H,8,10);1H,(H,2,3). The number of fused-ring (bicyclic) bond motifs is 4. The van der Waals surface area contributed by atoms with Gasteiger partial charge in [-0.25, -0.2) is 18.2 Å². The summed E-state index contributed by atoms with van der Waals surface area (Å²) in [7, 11) is 1.44. The van der Waals surface area contributed by atoms with Gasteiger partial charge >= 0.3 is 6.01 Å². The van der Waals surface area contributed by atoms with Crippen LogP contribution in [0.2, 0.25) is 0 Å². The number of hydrogen-bond acceptors (Lipinski definition) is 13. The van der Waals surface area contributed by atoms with Gasteiger partial charge in [0.2, 0.25) is 12.3 Å². The number of phenolic OH excluding ortho intramolecular Hbond substituents is 1. The van der Waals surface area contributed by atoms with Gasteiger partial charge in [-0.2, -0.15) is 9.97 Å². The van der Waals surface area contributed by atoms with Gasteiger partial charge in [-0.1, -0.05) is 12.0 Å². The molecular formula is C44H53F3N8O7. The minimum absolute atomic E-state index is 0.0337. The van der Waals surface area contributed by atoms with Gasteiger partial charge in [0.1, 0.15) is 40.2 Å². The minimum Gasteiger partial charge on any atom is -0.508 e. The fourth-order valence-electron chi connectivity index (χ4n) is 8.83. The number of nitrogens with zero attached hydrogens (tertiary/aromatic N) is 6. The first-order valence-electron chi connectivity index (χ1n) is 21.0. The summed E-state index contributed by atoms with van der Waals surface area (Å²) in [4.78, 5) is 39.0. The number of piperidine rings is 1. The van der Waals surface area contributed by atoms with Crippen LogP contribution in [0, 0.1) is 29.4 Å². The van der Waals surface area contributed by atoms with Gasteiger partial charge in [-0.05, 0) is 62.1 Å². The van der Waals surface area contributed by atoms with Crippen molar-refractivity contribution < 1.29 is 47.2 Å². The Morgan fingerprint density at radius 2 is 1.73 bits per heavy atom. The van der Waals surface area contributed by atoms with Crippen molar-refractivity contribution in [1.29, 1.82) is 0 Å². The summed E-state index contributed by atoms with van der Waals surface area (Å²) >= 11 is 0. The number of benzene rings is 2. The van der Waals surface area contributed by atoms with Gasteiger partial charge in [0.05, 0.1) is 32.5 Å². The van der Waals surface area contributed by atoms with Gasteiger partial charge in [-0.15, -0.1) is 6.42 Å². The van der Waals surface area contributed by atoms with E-state index in [1.165, 1.54) is 31.4 Å². The quantitative estimate of drug-likeness (QED) is 0.0910. The Balaban J connectivity index is 0.000000355. The number of carbonyl (C=O) groups excluding carboxylic acids is 1. The molecule has 9 rings (SSSR count). The number of anilines is 1. The monoisotopic (exact) mass is 862 g/mol. The van der Waals surface area contributed by atoms with Crippen LogP contribution in [-0.2, 0) is 14.3 Å². The number of amides is 1. The van der Waals surface area contributed by atoms with E-state index in [1.54, 1.807) is 0 Å². The predicted octanol–water partition coefficient (Wildman–Crippen LogP) is 4.12. The van der Waals surface area contributed by atoms with Crippen LogP contribution < -0.4 is 25.0 Å². The highest BCUT2D eigenvalue weighted by Gasteiger charge is 2.45. The fourth-order valence-corrected chi connectivity index (χ4v) is 8.83. The summed E-state index contributed by atoms with van der Waals surface area (Å²) in [5, 5.41) is 24.7. The Morgan fingerprint density at radius 3 is 2.37 bits per heavy atom. The molecule has 2 atom stereocenters. The van der Waals surface area contributed by atoms with E-state index >= 15 is 4.39 Å². The second-order valence-corrected chi connectivity index (χ2v) is 16.4. The lowest BCUT2D eigenvalue weighted by atomic mass is 9.95. The molecular weight excluding hydrogens is 810 g/mol. The number of pyridine rings is 1. The number of methoxy groups -OCH3 is 1. The van der Waals surface area contributed by atoms with Crippen LogP contribution in [0.15, 0.2) is 24.3 Å². The second-order valence-electron chi connectivity index (χ2n) is 16.4. The topological polar surface area (TPSA) is 175 Å². The first-order chi connectivity index (χ1) is 30.1. The highest BCUT2D eigenvalue weighted by atomic mass is 19.1. The van der Waals surface area contributed by atoms with Crippen molar-refractivity contribution in [2.45, 2.75) is 56.8 Å². The second kappa shape index (κ2) is 20.1. The number of phenols is 1. The average molecular weight is 863 g/mol. The molecule has 18 heteroatoms. The third-order valence-corrected chi connectivity index (χ3v) is 12.2. The molecule has 15 nitrogen and oxygen atoms in total. The van der Waals surface area contributed by atoms with Crippen molar-refractivity contribution in [2.24, 2.45) is 5.41 Å². The largest absolute Gasteiger partial charge is 0.508 e. The maximum Gasteiger partial charge on any atom is 0.319 e. The van der Waals surface area contributed by atoms with E-state index in [0.29, 0.717) is 49.1 Å². The van der Waals surface area contributed by atoms with E-state index in [0.717, 1.165) is 91.1 Å². The van der Waals surface area contributed by atoms with Crippen LogP contribution in [0.1, 0.15) is 44.1 Å². The zero-order valence-corrected chi connectivity index (χ0v) is 34.8. The number of alkyl halides is 1. The number of aromatic nitrogens is 3. The Bertz CT molecular complexity index is 2250. The number of morpholine rings is 1. The summed E-state index contributed by atoms with van der Waals surface area (Å²) in [5.41, 5.74) is -0.323. The number of carbonyl (C=O) groups is 2. The van der Waals surface area contributed by atoms with Crippen LogP contribution in [0.3, 0.4) is 0 Å². The Morgan fingerprint density at radius 1 is 1.02 bits per heavy atom. The molecule has 2 aromatic heterocycles. The van der Waals surface area contributed by atoms with E-state index in [9.17, 15) is 18.7 Å². The molecule has 5 fully saturated rings. The number of hydrogen-bond donors (Lipinski definition) is 4. The lowest BCUT2D eigenvalue weighted by molar-refractivity contribution is -0.122. The highest BCUT2D eigenvalue weighted by molar-refractivity contribution is 6.04. The molecule has 332 valence electrons. The Kier molecular flexibility index (Phi) is 14.5. The summed E-state index contributed by atoms with van der Waals surface area (Å²) < 4.78 is 63.0. The summed E-state index contributed by atoms with van der Waals surface area (Å²) in [5.74, 6) is 1.31. The number of aromatic hydroxyl groups is 1.